The number of thiophene rings is 1. The van der Waals surface area contributed by atoms with Gasteiger partial charge >= 0.3 is 0 Å². The Balaban J connectivity index is 1.00. The Morgan fingerprint density at radius 1 is 0.344 bits per heavy atom. The smallest absolute Gasteiger partial charge is 0.143 e. The van der Waals surface area contributed by atoms with Crippen LogP contribution in [0.4, 0.5) is 17.1 Å². The highest BCUT2D eigenvalue weighted by atomic mass is 32.1. The lowest BCUT2D eigenvalue weighted by molar-refractivity contribution is 0.670. The Kier molecular flexibility index (Phi) is 8.39. The Hall–Kier alpha value is -7.72. The minimum absolute atomic E-state index is 0.904. The molecule has 0 N–H and O–H groups in total. The van der Waals surface area contributed by atoms with Crippen LogP contribution in [0.1, 0.15) is 0 Å². The van der Waals surface area contributed by atoms with Crippen LogP contribution in [0.25, 0.3) is 97.4 Å². The first kappa shape index (κ1) is 35.2. The molecular formula is C58H37NOS. The van der Waals surface area contributed by atoms with Gasteiger partial charge in [0.05, 0.1) is 5.69 Å². The zero-order valence-electron chi connectivity index (χ0n) is 33.1. The molecular weight excluding hydrogens is 759 g/mol. The van der Waals surface area contributed by atoms with E-state index in [2.05, 4.69) is 217 Å². The van der Waals surface area contributed by atoms with Gasteiger partial charge in [-0.25, -0.2) is 0 Å². The summed E-state index contributed by atoms with van der Waals surface area (Å²) in [6.45, 7) is 0. The topological polar surface area (TPSA) is 16.4 Å². The van der Waals surface area contributed by atoms with E-state index in [-0.39, 0.29) is 0 Å². The van der Waals surface area contributed by atoms with Crippen LogP contribution in [0.5, 0.6) is 0 Å². The molecule has 12 rings (SSSR count). The summed E-state index contributed by atoms with van der Waals surface area (Å²) in [6, 6.07) is 81.2. The number of hydrogen-bond donors (Lipinski definition) is 0. The minimum Gasteiger partial charge on any atom is -0.455 e. The van der Waals surface area contributed by atoms with Crippen LogP contribution in [0.3, 0.4) is 0 Å². The number of nitrogens with zero attached hydrogens (tertiary/aromatic N) is 1. The third-order valence-corrected chi connectivity index (χ3v) is 13.2. The summed E-state index contributed by atoms with van der Waals surface area (Å²) in [7, 11) is 0. The lowest BCUT2D eigenvalue weighted by Crippen LogP contribution is -2.11. The molecule has 0 bridgehead atoms. The fraction of sp³-hybridized carbons (Fsp3) is 0. The van der Waals surface area contributed by atoms with Gasteiger partial charge in [0.25, 0.3) is 0 Å². The summed E-state index contributed by atoms with van der Waals surface area (Å²) >= 11 is 1.86. The molecule has 12 aromatic rings. The molecule has 61 heavy (non-hydrogen) atoms. The predicted molar refractivity (Wildman–Crippen MR) is 261 cm³/mol. The molecule has 0 unspecified atom stereocenters. The maximum Gasteiger partial charge on any atom is 0.143 e. The standard InChI is InChI=1S/C58H37NOS/c1-2-14-41-37-42(28-27-38(41)13-1)46-16-4-3-15-45(46)39-29-33-43(34-30-39)59(44-35-31-40(32-36-44)47-20-11-22-51-49-18-6-9-24-54(49)60-58(47)51)53-23-8-5-17-48(53)50-21-12-26-56-57(50)52-19-7-10-25-55(52)61-56/h1-37H. The largest absolute Gasteiger partial charge is 0.455 e. The highest BCUT2D eigenvalue weighted by Gasteiger charge is 2.21. The molecule has 0 spiro atoms. The number of anilines is 3. The van der Waals surface area contributed by atoms with Gasteiger partial charge in [-0.1, -0.05) is 170 Å². The van der Waals surface area contributed by atoms with Gasteiger partial charge < -0.3 is 9.32 Å². The normalized spacial score (nSPS) is 11.6. The first-order valence-corrected chi connectivity index (χ1v) is 21.6. The van der Waals surface area contributed by atoms with Gasteiger partial charge in [0.15, 0.2) is 0 Å². The van der Waals surface area contributed by atoms with Crippen molar-refractivity contribution in [2.75, 3.05) is 4.90 Å². The van der Waals surface area contributed by atoms with Gasteiger partial charge in [-0.15, -0.1) is 11.3 Å². The molecule has 0 radical (unpaired) electrons. The summed E-state index contributed by atoms with van der Waals surface area (Å²) in [4.78, 5) is 2.41. The molecule has 0 amide bonds. The van der Waals surface area contributed by atoms with Crippen molar-refractivity contribution in [2.24, 2.45) is 0 Å². The summed E-state index contributed by atoms with van der Waals surface area (Å²) in [6.07, 6.45) is 0. The minimum atomic E-state index is 0.904. The number of rotatable bonds is 7. The van der Waals surface area contributed by atoms with Crippen LogP contribution < -0.4 is 4.90 Å². The van der Waals surface area contributed by atoms with Crippen LogP contribution in [0.15, 0.2) is 229 Å². The van der Waals surface area contributed by atoms with Gasteiger partial charge in [0.2, 0.25) is 0 Å². The lowest BCUT2D eigenvalue weighted by Gasteiger charge is -2.28. The van der Waals surface area contributed by atoms with Crippen molar-refractivity contribution in [3.63, 3.8) is 0 Å². The number of para-hydroxylation sites is 3. The Morgan fingerprint density at radius 2 is 0.885 bits per heavy atom. The molecule has 0 fully saturated rings. The van der Waals surface area contributed by atoms with E-state index in [1.807, 2.05) is 23.5 Å². The maximum atomic E-state index is 6.47. The van der Waals surface area contributed by atoms with E-state index in [1.165, 1.54) is 64.3 Å². The third-order valence-electron chi connectivity index (χ3n) is 12.1. The fourth-order valence-corrected chi connectivity index (χ4v) is 10.4. The van der Waals surface area contributed by atoms with Crippen LogP contribution in [-0.4, -0.2) is 0 Å². The van der Waals surface area contributed by atoms with Crippen LogP contribution in [-0.2, 0) is 0 Å². The first-order valence-electron chi connectivity index (χ1n) is 20.7. The van der Waals surface area contributed by atoms with E-state index in [0.29, 0.717) is 0 Å². The fourth-order valence-electron chi connectivity index (χ4n) is 9.22. The molecule has 2 heterocycles. The quantitative estimate of drug-likeness (QED) is 0.160. The molecule has 0 saturated heterocycles. The average Bonchev–Trinajstić information content (AvgIpc) is 3.91. The van der Waals surface area contributed by atoms with Gasteiger partial charge in [0, 0.05) is 53.4 Å². The first-order chi connectivity index (χ1) is 30.2. The highest BCUT2D eigenvalue weighted by molar-refractivity contribution is 7.25. The van der Waals surface area contributed by atoms with Crippen molar-refractivity contribution >= 4 is 81.3 Å². The molecule has 2 nitrogen and oxygen atoms in total. The van der Waals surface area contributed by atoms with E-state index in [4.69, 9.17) is 4.42 Å². The van der Waals surface area contributed by atoms with Crippen molar-refractivity contribution < 1.29 is 4.42 Å². The van der Waals surface area contributed by atoms with Gasteiger partial charge in [0.1, 0.15) is 11.2 Å². The van der Waals surface area contributed by atoms with Crippen molar-refractivity contribution in [1.82, 2.24) is 0 Å². The summed E-state index contributed by atoms with van der Waals surface area (Å²) in [5.41, 5.74) is 14.5. The second-order valence-corrected chi connectivity index (χ2v) is 16.7. The molecule has 0 aliphatic rings. The van der Waals surface area contributed by atoms with Crippen LogP contribution in [0.2, 0.25) is 0 Å². The predicted octanol–water partition coefficient (Wildman–Crippen LogP) is 17.2. The van der Waals surface area contributed by atoms with Crippen LogP contribution in [0, 0.1) is 0 Å². The summed E-state index contributed by atoms with van der Waals surface area (Å²) < 4.78 is 9.06. The summed E-state index contributed by atoms with van der Waals surface area (Å²) in [5.74, 6) is 0. The van der Waals surface area contributed by atoms with E-state index in [1.54, 1.807) is 0 Å². The molecule has 0 aliphatic heterocycles. The molecule has 0 atom stereocenters. The third kappa shape index (κ3) is 6.01. The van der Waals surface area contributed by atoms with Crippen molar-refractivity contribution in [2.45, 2.75) is 0 Å². The summed E-state index contributed by atoms with van der Waals surface area (Å²) in [5, 5.41) is 7.34. The number of furan rings is 1. The number of hydrogen-bond acceptors (Lipinski definition) is 3. The van der Waals surface area contributed by atoms with E-state index >= 15 is 0 Å². The number of fused-ring (bicyclic) bond motifs is 7. The molecule has 3 heteroatoms. The second-order valence-electron chi connectivity index (χ2n) is 15.6. The lowest BCUT2D eigenvalue weighted by atomic mass is 9.93. The number of benzene rings is 10. The molecule has 2 aromatic heterocycles. The molecule has 286 valence electrons. The Morgan fingerprint density at radius 3 is 1.69 bits per heavy atom. The second kappa shape index (κ2) is 14.5. The Bertz CT molecular complexity index is 3590. The van der Waals surface area contributed by atoms with Crippen molar-refractivity contribution in [3.8, 4) is 44.5 Å². The van der Waals surface area contributed by atoms with Gasteiger partial charge in [-0.3, -0.25) is 0 Å². The van der Waals surface area contributed by atoms with E-state index < -0.39 is 0 Å². The highest BCUT2D eigenvalue weighted by Crippen LogP contribution is 2.47. The van der Waals surface area contributed by atoms with Crippen LogP contribution >= 0.6 is 11.3 Å². The average molecular weight is 796 g/mol. The molecule has 0 saturated carbocycles. The van der Waals surface area contributed by atoms with E-state index in [9.17, 15) is 0 Å². The van der Waals surface area contributed by atoms with Crippen molar-refractivity contribution in [1.29, 1.82) is 0 Å². The van der Waals surface area contributed by atoms with Gasteiger partial charge in [-0.05, 0) is 98.8 Å². The van der Waals surface area contributed by atoms with E-state index in [0.717, 1.165) is 50.1 Å². The zero-order chi connectivity index (χ0) is 40.3. The molecule has 10 aromatic carbocycles. The molecule has 0 aliphatic carbocycles. The Labute approximate surface area is 357 Å². The van der Waals surface area contributed by atoms with Crippen molar-refractivity contribution in [3.05, 3.63) is 224 Å². The maximum absolute atomic E-state index is 6.47. The van der Waals surface area contributed by atoms with Gasteiger partial charge in [-0.2, -0.15) is 0 Å². The SMILES string of the molecule is c1ccc(-c2ccc3ccccc3c2)c(-c2ccc(N(c3ccc(-c4cccc5c4oc4ccccc45)cc3)c3ccccc3-c3cccc4sc5ccccc5c34)cc2)c1. The monoisotopic (exact) mass is 795 g/mol. The zero-order valence-corrected chi connectivity index (χ0v) is 33.9.